The van der Waals surface area contributed by atoms with Gasteiger partial charge in [-0.2, -0.15) is 0 Å². The molecule has 0 bridgehead atoms. The summed E-state index contributed by atoms with van der Waals surface area (Å²) >= 11 is 0. The molecule has 0 saturated carbocycles. The first-order chi connectivity index (χ1) is 7.18. The van der Waals surface area contributed by atoms with Gasteiger partial charge in [-0.15, -0.1) is 0 Å². The van der Waals surface area contributed by atoms with Crippen LogP contribution in [0.2, 0.25) is 0 Å². The van der Waals surface area contributed by atoms with E-state index >= 15 is 0 Å². The number of carbonyl (C=O) groups is 2. The standard InChI is InChI=1S/C10H16N2O3/c13-7-11-10(9(14)15)3-5-12-4-1-2-8(12)6-10/h7-8H,1-6H2,(H,11,13)(H,14,15). The quantitative estimate of drug-likeness (QED) is 0.636. The highest BCUT2D eigenvalue weighted by atomic mass is 16.4. The molecule has 0 radical (unpaired) electrons. The number of carboxylic acid groups (broad SMARTS) is 1. The van der Waals surface area contributed by atoms with Crippen molar-refractivity contribution in [2.24, 2.45) is 0 Å². The van der Waals surface area contributed by atoms with Crippen molar-refractivity contribution in [2.45, 2.75) is 37.3 Å². The molecule has 2 N–H and O–H groups in total. The number of piperidine rings is 1. The van der Waals surface area contributed by atoms with Crippen LogP contribution >= 0.6 is 0 Å². The Balaban J connectivity index is 2.13. The molecule has 84 valence electrons. The normalized spacial score (nSPS) is 35.9. The zero-order chi connectivity index (χ0) is 10.9. The lowest BCUT2D eigenvalue weighted by molar-refractivity contribution is -0.149. The Labute approximate surface area is 88.4 Å². The number of carboxylic acids is 1. The molecule has 15 heavy (non-hydrogen) atoms. The van der Waals surface area contributed by atoms with Crippen LogP contribution in [-0.4, -0.2) is 47.1 Å². The molecule has 2 fully saturated rings. The molecule has 2 rings (SSSR count). The van der Waals surface area contributed by atoms with Crippen LogP contribution in [0.1, 0.15) is 25.7 Å². The van der Waals surface area contributed by atoms with E-state index in [4.69, 9.17) is 0 Å². The van der Waals surface area contributed by atoms with Gasteiger partial charge in [0.25, 0.3) is 0 Å². The van der Waals surface area contributed by atoms with Crippen LogP contribution in [0, 0.1) is 0 Å². The van der Waals surface area contributed by atoms with Crippen molar-refractivity contribution >= 4 is 12.4 Å². The first kappa shape index (κ1) is 10.4. The number of nitrogens with one attached hydrogen (secondary N) is 1. The van der Waals surface area contributed by atoms with Gasteiger partial charge in [-0.3, -0.25) is 4.79 Å². The van der Waals surface area contributed by atoms with E-state index in [1.54, 1.807) is 0 Å². The Morgan fingerprint density at radius 2 is 2.33 bits per heavy atom. The number of aliphatic carboxylic acids is 1. The van der Waals surface area contributed by atoms with E-state index in [0.29, 0.717) is 25.3 Å². The average Bonchev–Trinajstić information content (AvgIpc) is 2.64. The monoisotopic (exact) mass is 212 g/mol. The molecule has 2 atom stereocenters. The van der Waals surface area contributed by atoms with Gasteiger partial charge in [0.2, 0.25) is 6.41 Å². The number of rotatable bonds is 3. The first-order valence-corrected chi connectivity index (χ1v) is 5.37. The van der Waals surface area contributed by atoms with Crippen molar-refractivity contribution in [2.75, 3.05) is 13.1 Å². The van der Waals surface area contributed by atoms with Crippen molar-refractivity contribution < 1.29 is 14.7 Å². The van der Waals surface area contributed by atoms with Gasteiger partial charge in [-0.25, -0.2) is 4.79 Å². The highest BCUT2D eigenvalue weighted by molar-refractivity contribution is 5.81. The van der Waals surface area contributed by atoms with Crippen molar-refractivity contribution in [3.05, 3.63) is 0 Å². The number of amides is 1. The molecular weight excluding hydrogens is 196 g/mol. The number of fused-ring (bicyclic) bond motifs is 1. The topological polar surface area (TPSA) is 69.6 Å². The molecule has 2 heterocycles. The summed E-state index contributed by atoms with van der Waals surface area (Å²) in [6, 6.07) is 0.335. The van der Waals surface area contributed by atoms with Crippen LogP contribution in [0.3, 0.4) is 0 Å². The number of hydrogen-bond acceptors (Lipinski definition) is 3. The maximum absolute atomic E-state index is 11.2. The molecule has 5 heteroatoms. The second-order valence-electron chi connectivity index (χ2n) is 4.44. The summed E-state index contributed by atoms with van der Waals surface area (Å²) < 4.78 is 0. The van der Waals surface area contributed by atoms with Gasteiger partial charge in [-0.1, -0.05) is 0 Å². The van der Waals surface area contributed by atoms with Crippen LogP contribution in [0.5, 0.6) is 0 Å². The maximum atomic E-state index is 11.2. The molecular formula is C10H16N2O3. The maximum Gasteiger partial charge on any atom is 0.329 e. The number of hydrogen-bond donors (Lipinski definition) is 2. The third-order valence-corrected chi connectivity index (χ3v) is 3.65. The zero-order valence-corrected chi connectivity index (χ0v) is 8.61. The average molecular weight is 212 g/mol. The molecule has 0 aromatic heterocycles. The van der Waals surface area contributed by atoms with Gasteiger partial charge in [0.15, 0.2) is 0 Å². The fourth-order valence-corrected chi connectivity index (χ4v) is 2.76. The number of carbonyl (C=O) groups excluding carboxylic acids is 1. The van der Waals surface area contributed by atoms with E-state index in [1.807, 2.05) is 0 Å². The van der Waals surface area contributed by atoms with Gasteiger partial charge in [0, 0.05) is 12.6 Å². The van der Waals surface area contributed by atoms with E-state index < -0.39 is 11.5 Å². The molecule has 2 saturated heterocycles. The lowest BCUT2D eigenvalue weighted by Gasteiger charge is -2.40. The van der Waals surface area contributed by atoms with Crippen LogP contribution in [0.15, 0.2) is 0 Å². The van der Waals surface area contributed by atoms with Crippen molar-refractivity contribution in [1.29, 1.82) is 0 Å². The Morgan fingerprint density at radius 3 is 3.00 bits per heavy atom. The van der Waals surface area contributed by atoms with E-state index in [2.05, 4.69) is 10.2 Å². The zero-order valence-electron chi connectivity index (χ0n) is 8.61. The summed E-state index contributed by atoms with van der Waals surface area (Å²) in [5, 5.41) is 11.7. The fourth-order valence-electron chi connectivity index (χ4n) is 2.76. The Hall–Kier alpha value is -1.10. The van der Waals surface area contributed by atoms with Crippen LogP contribution < -0.4 is 5.32 Å². The van der Waals surface area contributed by atoms with Gasteiger partial charge in [0.1, 0.15) is 5.54 Å². The van der Waals surface area contributed by atoms with Crippen molar-refractivity contribution in [3.63, 3.8) is 0 Å². The van der Waals surface area contributed by atoms with Crippen LogP contribution in [0.4, 0.5) is 0 Å². The van der Waals surface area contributed by atoms with E-state index in [0.717, 1.165) is 25.9 Å². The second kappa shape index (κ2) is 3.81. The minimum Gasteiger partial charge on any atom is -0.480 e. The Bertz CT molecular complexity index is 282. The third-order valence-electron chi connectivity index (χ3n) is 3.65. The van der Waals surface area contributed by atoms with E-state index in [1.165, 1.54) is 0 Å². The lowest BCUT2D eigenvalue weighted by Crippen LogP contribution is -2.59. The minimum absolute atomic E-state index is 0.335. The minimum atomic E-state index is -1.02. The molecule has 0 aliphatic carbocycles. The third kappa shape index (κ3) is 1.71. The second-order valence-corrected chi connectivity index (χ2v) is 4.44. The lowest BCUT2D eigenvalue weighted by atomic mass is 9.83. The first-order valence-electron chi connectivity index (χ1n) is 5.37. The molecule has 5 nitrogen and oxygen atoms in total. The van der Waals surface area contributed by atoms with Gasteiger partial charge in [0.05, 0.1) is 0 Å². The highest BCUT2D eigenvalue weighted by Gasteiger charge is 2.46. The van der Waals surface area contributed by atoms with Gasteiger partial charge >= 0.3 is 5.97 Å². The fraction of sp³-hybridized carbons (Fsp3) is 0.800. The van der Waals surface area contributed by atoms with Crippen LogP contribution in [-0.2, 0) is 9.59 Å². The Kier molecular flexibility index (Phi) is 2.65. The molecule has 1 amide bonds. The SMILES string of the molecule is O=CNC1(C(=O)O)CCN2CCCC2C1. The summed E-state index contributed by atoms with van der Waals surface area (Å²) in [4.78, 5) is 24.0. The van der Waals surface area contributed by atoms with Crippen molar-refractivity contribution in [3.8, 4) is 0 Å². The van der Waals surface area contributed by atoms with Crippen LogP contribution in [0.25, 0.3) is 0 Å². The smallest absolute Gasteiger partial charge is 0.329 e. The summed E-state index contributed by atoms with van der Waals surface area (Å²) in [6.07, 6.45) is 3.76. The van der Waals surface area contributed by atoms with Crippen molar-refractivity contribution in [1.82, 2.24) is 10.2 Å². The van der Waals surface area contributed by atoms with E-state index in [-0.39, 0.29) is 0 Å². The summed E-state index contributed by atoms with van der Waals surface area (Å²) in [6.45, 7) is 1.85. The Morgan fingerprint density at radius 1 is 1.53 bits per heavy atom. The molecule has 0 spiro atoms. The predicted octanol–water partition coefficient (Wildman–Crippen LogP) is -0.186. The summed E-state index contributed by atoms with van der Waals surface area (Å²) in [7, 11) is 0. The molecule has 2 aliphatic heterocycles. The van der Waals surface area contributed by atoms with Gasteiger partial charge in [-0.05, 0) is 32.2 Å². The van der Waals surface area contributed by atoms with Gasteiger partial charge < -0.3 is 15.3 Å². The summed E-state index contributed by atoms with van der Waals surface area (Å²) in [5.41, 5.74) is -1.02. The number of nitrogens with zero attached hydrogens (tertiary/aromatic N) is 1. The highest BCUT2D eigenvalue weighted by Crippen LogP contribution is 2.32. The predicted molar refractivity (Wildman–Crippen MR) is 53.4 cm³/mol. The largest absolute Gasteiger partial charge is 0.480 e. The molecule has 0 aromatic carbocycles. The molecule has 0 aromatic rings. The van der Waals surface area contributed by atoms with E-state index in [9.17, 15) is 14.7 Å². The molecule has 2 aliphatic rings. The summed E-state index contributed by atoms with van der Waals surface area (Å²) in [5.74, 6) is -0.902. The molecule has 2 unspecified atom stereocenters.